The molecule has 73 heavy (non-hydrogen) atoms. The summed E-state index contributed by atoms with van der Waals surface area (Å²) in [5.41, 5.74) is 15.1. The van der Waals surface area contributed by atoms with Gasteiger partial charge >= 0.3 is 0 Å². The van der Waals surface area contributed by atoms with Crippen LogP contribution >= 0.6 is 0 Å². The molecule has 15 rings (SSSR count). The normalized spacial score (nSPS) is 14.8. The third-order valence-corrected chi connectivity index (χ3v) is 15.0. The fourth-order valence-electron chi connectivity index (χ4n) is 11.6. The molecule has 2 unspecified atom stereocenters. The van der Waals surface area contributed by atoms with Crippen LogP contribution in [0.25, 0.3) is 87.7 Å². The van der Waals surface area contributed by atoms with Crippen LogP contribution in [-0.4, -0.2) is 6.10 Å². The largest absolute Gasteiger partial charge is 0.483 e. The van der Waals surface area contributed by atoms with Gasteiger partial charge in [-0.25, -0.2) is 0 Å². The molecule has 0 spiro atoms. The van der Waals surface area contributed by atoms with E-state index in [1.54, 1.807) is 0 Å². The Labute approximate surface area is 421 Å². The van der Waals surface area contributed by atoms with E-state index in [0.29, 0.717) is 0 Å². The SMILES string of the molecule is C1=CC2Oc3c(cccc3N(c3ccc(-c4ccccc4)cc3)c3cc4oc5c6ccccc6c(N(c6ccc(-c7ccccc7)cc6)c6cccc7c6oc6ccccc67)cc5c4c4ccccc34)C2C=C1. The first-order valence-electron chi connectivity index (χ1n) is 25.0. The van der Waals surface area contributed by atoms with Gasteiger partial charge in [0.05, 0.1) is 22.7 Å². The molecule has 2 aromatic heterocycles. The molecule has 2 atom stereocenters. The Morgan fingerprint density at radius 1 is 0.329 bits per heavy atom. The van der Waals surface area contributed by atoms with E-state index in [9.17, 15) is 0 Å². The van der Waals surface area contributed by atoms with Gasteiger partial charge in [-0.15, -0.1) is 0 Å². The first-order chi connectivity index (χ1) is 36.2. The van der Waals surface area contributed by atoms with Crippen molar-refractivity contribution in [2.24, 2.45) is 0 Å². The Bertz CT molecular complexity index is 4360. The summed E-state index contributed by atoms with van der Waals surface area (Å²) in [4.78, 5) is 4.74. The molecule has 2 aliphatic rings. The summed E-state index contributed by atoms with van der Waals surface area (Å²) in [7, 11) is 0. The lowest BCUT2D eigenvalue weighted by atomic mass is 9.91. The highest BCUT2D eigenvalue weighted by atomic mass is 16.5. The van der Waals surface area contributed by atoms with Crippen LogP contribution in [0, 0.1) is 0 Å². The van der Waals surface area contributed by atoms with Gasteiger partial charge in [0.1, 0.15) is 28.6 Å². The minimum Gasteiger partial charge on any atom is -0.483 e. The topological polar surface area (TPSA) is 42.0 Å². The average Bonchev–Trinajstić information content (AvgIpc) is 4.17. The Kier molecular flexibility index (Phi) is 9.32. The zero-order valence-corrected chi connectivity index (χ0v) is 39.5. The van der Waals surface area contributed by atoms with Crippen LogP contribution in [0.15, 0.2) is 264 Å². The summed E-state index contributed by atoms with van der Waals surface area (Å²) in [5, 5.41) is 8.49. The van der Waals surface area contributed by atoms with Crippen molar-refractivity contribution in [1.82, 2.24) is 0 Å². The van der Waals surface area contributed by atoms with Gasteiger partial charge in [0.2, 0.25) is 0 Å². The van der Waals surface area contributed by atoms with E-state index in [0.717, 1.165) is 116 Å². The molecule has 0 radical (unpaired) electrons. The lowest BCUT2D eigenvalue weighted by molar-refractivity contribution is 0.269. The van der Waals surface area contributed by atoms with E-state index in [1.165, 1.54) is 16.7 Å². The number of rotatable bonds is 8. The van der Waals surface area contributed by atoms with Crippen molar-refractivity contribution >= 4 is 99.5 Å². The Morgan fingerprint density at radius 2 is 0.836 bits per heavy atom. The average molecular weight is 937 g/mol. The zero-order valence-electron chi connectivity index (χ0n) is 39.5. The van der Waals surface area contributed by atoms with E-state index in [4.69, 9.17) is 13.6 Å². The standard InChI is InChI=1S/C68H44N2O3/c1-3-17-43(18-4-1)45-33-37-47(38-34-45)69(58-29-15-27-55-51-23-11-13-31-62(51)71-67(55)58)60-41-57-65-53-25-9-7-21-49(53)61(42-64(65)73-66(57)54-26-10-8-22-50(54)60)70(48-39-35-46(36-40-48)44-19-5-2-6-20-44)59-30-16-28-56-52-24-12-14-32-63(52)72-68(56)59/h1-42,52,63H. The van der Waals surface area contributed by atoms with Crippen molar-refractivity contribution in [3.8, 4) is 28.0 Å². The van der Waals surface area contributed by atoms with E-state index >= 15 is 0 Å². The van der Waals surface area contributed by atoms with Crippen molar-refractivity contribution < 1.29 is 13.6 Å². The van der Waals surface area contributed by atoms with Crippen LogP contribution in [0.4, 0.5) is 34.1 Å². The quantitative estimate of drug-likeness (QED) is 0.152. The van der Waals surface area contributed by atoms with Gasteiger partial charge in [0, 0.05) is 66.6 Å². The lowest BCUT2D eigenvalue weighted by Crippen LogP contribution is -2.16. The van der Waals surface area contributed by atoms with Gasteiger partial charge in [-0.3, -0.25) is 0 Å². The number of allylic oxidation sites excluding steroid dienone is 2. The predicted octanol–water partition coefficient (Wildman–Crippen LogP) is 19.0. The molecule has 1 aliphatic heterocycles. The third kappa shape index (κ3) is 6.56. The van der Waals surface area contributed by atoms with Crippen molar-refractivity contribution in [2.45, 2.75) is 12.0 Å². The van der Waals surface area contributed by atoms with Crippen molar-refractivity contribution in [3.63, 3.8) is 0 Å². The van der Waals surface area contributed by atoms with Gasteiger partial charge in [0.15, 0.2) is 5.58 Å². The first-order valence-corrected chi connectivity index (χ1v) is 25.0. The summed E-state index contributed by atoms with van der Waals surface area (Å²) in [6.45, 7) is 0. The summed E-state index contributed by atoms with van der Waals surface area (Å²) in [6, 6.07) is 82.2. The number of furan rings is 2. The summed E-state index contributed by atoms with van der Waals surface area (Å²) >= 11 is 0. The van der Waals surface area contributed by atoms with Crippen molar-refractivity contribution in [2.75, 3.05) is 9.80 Å². The van der Waals surface area contributed by atoms with Gasteiger partial charge in [-0.05, 0) is 82.2 Å². The van der Waals surface area contributed by atoms with Crippen LogP contribution < -0.4 is 14.5 Å². The number of nitrogens with zero attached hydrogens (tertiary/aromatic N) is 2. The second-order valence-electron chi connectivity index (χ2n) is 19.1. The molecule has 3 heterocycles. The van der Waals surface area contributed by atoms with Crippen LogP contribution in [0.5, 0.6) is 5.75 Å². The smallest absolute Gasteiger partial charge is 0.159 e. The summed E-state index contributed by atoms with van der Waals surface area (Å²) in [5.74, 6) is 1.03. The van der Waals surface area contributed by atoms with Gasteiger partial charge in [0.25, 0.3) is 0 Å². The molecule has 0 saturated carbocycles. The van der Waals surface area contributed by atoms with Crippen molar-refractivity contribution in [1.29, 1.82) is 0 Å². The number of para-hydroxylation sites is 3. The number of ether oxygens (including phenoxy) is 1. The second-order valence-corrected chi connectivity index (χ2v) is 19.1. The maximum atomic E-state index is 7.29. The molecule has 5 nitrogen and oxygen atoms in total. The van der Waals surface area contributed by atoms with Crippen LogP contribution in [0.3, 0.4) is 0 Å². The Hall–Kier alpha value is -9.58. The fraction of sp³-hybridized carbons (Fsp3) is 0.0294. The van der Waals surface area contributed by atoms with E-state index in [2.05, 4.69) is 259 Å². The molecule has 0 amide bonds. The van der Waals surface area contributed by atoms with Gasteiger partial charge in [-0.1, -0.05) is 194 Å². The predicted molar refractivity (Wildman–Crippen MR) is 302 cm³/mol. The maximum absolute atomic E-state index is 7.29. The fourth-order valence-corrected chi connectivity index (χ4v) is 11.6. The third-order valence-electron chi connectivity index (χ3n) is 15.0. The molecule has 1 aliphatic carbocycles. The Balaban J connectivity index is 0.979. The molecule has 0 saturated heterocycles. The molecule has 344 valence electrons. The molecule has 5 heteroatoms. The van der Waals surface area contributed by atoms with Crippen molar-refractivity contribution in [3.05, 3.63) is 260 Å². The lowest BCUT2D eigenvalue weighted by Gasteiger charge is -2.28. The Morgan fingerprint density at radius 3 is 1.55 bits per heavy atom. The highest BCUT2D eigenvalue weighted by molar-refractivity contribution is 6.28. The number of anilines is 6. The minimum atomic E-state index is -0.0688. The number of hydrogen-bond acceptors (Lipinski definition) is 5. The van der Waals surface area contributed by atoms with Crippen LogP contribution in [-0.2, 0) is 0 Å². The summed E-state index contributed by atoms with van der Waals surface area (Å²) < 4.78 is 21.0. The minimum absolute atomic E-state index is 0.0688. The molecule has 0 fully saturated rings. The molecule has 11 aromatic carbocycles. The van der Waals surface area contributed by atoms with E-state index < -0.39 is 0 Å². The maximum Gasteiger partial charge on any atom is 0.159 e. The molecule has 0 N–H and O–H groups in total. The highest BCUT2D eigenvalue weighted by Crippen LogP contribution is 2.54. The zero-order chi connectivity index (χ0) is 48.0. The highest BCUT2D eigenvalue weighted by Gasteiger charge is 2.36. The molecule has 13 aromatic rings. The second kappa shape index (κ2) is 16.5. The monoisotopic (exact) mass is 936 g/mol. The van der Waals surface area contributed by atoms with Crippen LogP contribution in [0.2, 0.25) is 0 Å². The van der Waals surface area contributed by atoms with Gasteiger partial charge in [-0.2, -0.15) is 0 Å². The summed E-state index contributed by atoms with van der Waals surface area (Å²) in [6.07, 6.45) is 8.57. The van der Waals surface area contributed by atoms with Crippen LogP contribution in [0.1, 0.15) is 11.5 Å². The molecular formula is C68H44N2O3. The van der Waals surface area contributed by atoms with E-state index in [1.807, 2.05) is 6.07 Å². The number of hydrogen-bond donors (Lipinski definition) is 0. The molecule has 0 bridgehead atoms. The molecular weight excluding hydrogens is 893 g/mol. The first kappa shape index (κ1) is 41.2. The number of benzene rings is 11. The number of fused-ring (bicyclic) bond motifs is 13. The van der Waals surface area contributed by atoms with Gasteiger partial charge < -0.3 is 23.4 Å². The van der Waals surface area contributed by atoms with E-state index in [-0.39, 0.29) is 12.0 Å².